The number of nitrogens with zero attached hydrogens (tertiary/aromatic N) is 4. The van der Waals surface area contributed by atoms with Gasteiger partial charge in [-0.3, -0.25) is 19.8 Å². The van der Waals surface area contributed by atoms with E-state index in [1.165, 1.54) is 42.9 Å². The highest BCUT2D eigenvalue weighted by Crippen LogP contribution is 2.55. The molecule has 1 spiro atoms. The Labute approximate surface area is 432 Å². The number of aliphatic hydroxyl groups is 1. The lowest BCUT2D eigenvalue weighted by Gasteiger charge is -2.56. The number of ether oxygens (including phenoxy) is 4. The Morgan fingerprint density at radius 1 is 0.973 bits per heavy atom. The van der Waals surface area contributed by atoms with E-state index in [0.29, 0.717) is 69.2 Å². The fourth-order valence-corrected chi connectivity index (χ4v) is 13.8. The number of hydrogen-bond acceptors (Lipinski definition) is 14. The Balaban J connectivity index is 0.843. The molecule has 0 unspecified atom stereocenters. The summed E-state index contributed by atoms with van der Waals surface area (Å²) in [6.45, 7) is 10.9. The third-order valence-corrected chi connectivity index (χ3v) is 18.4. The number of likely N-dealkylation sites (tertiary alicyclic amines) is 1. The molecule has 0 bridgehead atoms. The van der Waals surface area contributed by atoms with E-state index in [4.69, 9.17) is 23.9 Å². The van der Waals surface area contributed by atoms with Crippen LogP contribution in [0.15, 0.2) is 77.8 Å². The second-order valence-corrected chi connectivity index (χ2v) is 24.2. The predicted molar refractivity (Wildman–Crippen MR) is 281 cm³/mol. The summed E-state index contributed by atoms with van der Waals surface area (Å²) in [6, 6.07) is 20.7. The minimum absolute atomic E-state index is 0.00666. The van der Waals surface area contributed by atoms with Crippen molar-refractivity contribution in [2.75, 3.05) is 56.3 Å². The normalized spacial score (nSPS) is 25.2. The summed E-state index contributed by atoms with van der Waals surface area (Å²) in [6.07, 6.45) is 13.0. The second kappa shape index (κ2) is 20.3. The summed E-state index contributed by atoms with van der Waals surface area (Å²) in [4.78, 5) is 38.8. The third-order valence-electron chi connectivity index (χ3n) is 17.1. The largest absolute Gasteiger partial charge is 0.489 e. The molecule has 0 radical (unpaired) electrons. The number of amides is 1. The zero-order valence-corrected chi connectivity index (χ0v) is 43.5. The van der Waals surface area contributed by atoms with Crippen molar-refractivity contribution in [3.63, 3.8) is 0 Å². The van der Waals surface area contributed by atoms with Crippen LogP contribution in [0.3, 0.4) is 0 Å². The van der Waals surface area contributed by atoms with E-state index in [9.17, 15) is 28.4 Å². The van der Waals surface area contributed by atoms with Gasteiger partial charge in [-0.1, -0.05) is 38.1 Å². The van der Waals surface area contributed by atoms with Crippen LogP contribution in [0.5, 0.6) is 23.1 Å². The summed E-state index contributed by atoms with van der Waals surface area (Å²) in [7, 11) is -4.72. The summed E-state index contributed by atoms with van der Waals surface area (Å²) >= 11 is 0. The van der Waals surface area contributed by atoms with Gasteiger partial charge in [-0.2, -0.15) is 4.98 Å². The van der Waals surface area contributed by atoms with E-state index >= 15 is 0 Å². The van der Waals surface area contributed by atoms with E-state index in [1.807, 2.05) is 19.1 Å². The number of sulfonamides is 1. The van der Waals surface area contributed by atoms with E-state index in [0.717, 1.165) is 62.5 Å². The zero-order valence-electron chi connectivity index (χ0n) is 42.6. The van der Waals surface area contributed by atoms with Gasteiger partial charge >= 0.3 is 0 Å². The molecular formula is C56H69N7O10S. The number of carbonyl (C=O) groups excluding carboxylic acids is 1. The number of benzene rings is 3. The number of nitro benzene ring substituents is 1. The lowest BCUT2D eigenvalue weighted by atomic mass is 9.59. The first-order valence-corrected chi connectivity index (χ1v) is 28.2. The molecule has 3 saturated heterocycles. The molecule has 3 aromatic carbocycles. The van der Waals surface area contributed by atoms with Crippen LogP contribution in [0.4, 0.5) is 17.1 Å². The van der Waals surface area contributed by atoms with Gasteiger partial charge in [0.25, 0.3) is 27.5 Å². The molecule has 4 aliphatic heterocycles. The SMILES string of the molecule is CC(C)c1ccccc1[C@@H]1CCCN1C1CC2(CCN(c3ccc(C(=O)NS(=O)(=O)c4cc5c(c([N+](=O)[O-])c4)N[C@@H]([C@H]4CC[C@](C)(O)CC4)CO5)c(Oc4cc5cc[nH]c5nc4OC[C@H]4CCCOC4)c3)CC2)C1. The van der Waals surface area contributed by atoms with Crippen LogP contribution < -0.4 is 29.1 Å². The van der Waals surface area contributed by atoms with Gasteiger partial charge in [-0.25, -0.2) is 13.1 Å². The number of hydrogen-bond donors (Lipinski definition) is 4. The molecule has 6 heterocycles. The predicted octanol–water partition coefficient (Wildman–Crippen LogP) is 10.0. The lowest BCUT2D eigenvalue weighted by Crippen LogP contribution is -2.54. The minimum Gasteiger partial charge on any atom is -0.489 e. The molecule has 2 aliphatic carbocycles. The van der Waals surface area contributed by atoms with Crippen LogP contribution >= 0.6 is 0 Å². The van der Waals surface area contributed by atoms with Gasteiger partial charge in [0.1, 0.15) is 18.0 Å². The van der Waals surface area contributed by atoms with Crippen molar-refractivity contribution < 1.29 is 42.2 Å². The van der Waals surface area contributed by atoms with Crippen molar-refractivity contribution in [2.24, 2.45) is 17.3 Å². The number of H-pyrrole nitrogens is 1. The summed E-state index contributed by atoms with van der Waals surface area (Å²) < 4.78 is 55.4. The van der Waals surface area contributed by atoms with Crippen molar-refractivity contribution >= 4 is 44.0 Å². The molecule has 6 aliphatic rings. The number of aromatic amines is 1. The number of pyridine rings is 1. The number of fused-ring (bicyclic) bond motifs is 2. The summed E-state index contributed by atoms with van der Waals surface area (Å²) in [5, 5.41) is 27.0. The van der Waals surface area contributed by atoms with Crippen LogP contribution in [0.1, 0.15) is 131 Å². The smallest absolute Gasteiger partial charge is 0.297 e. The summed E-state index contributed by atoms with van der Waals surface area (Å²) in [5.74, 6) is 0.251. The molecule has 11 rings (SSSR count). The molecule has 18 heteroatoms. The van der Waals surface area contributed by atoms with E-state index in [-0.39, 0.29) is 64.3 Å². The number of aromatic nitrogens is 2. The fourth-order valence-electron chi connectivity index (χ4n) is 12.8. The Morgan fingerprint density at radius 2 is 1.77 bits per heavy atom. The Morgan fingerprint density at radius 3 is 2.53 bits per heavy atom. The van der Waals surface area contributed by atoms with E-state index in [1.54, 1.807) is 24.4 Å². The molecular weight excluding hydrogens is 963 g/mol. The number of nitro groups is 1. The molecule has 1 amide bonds. The molecule has 3 atom stereocenters. The van der Waals surface area contributed by atoms with Crippen LogP contribution in [0.25, 0.3) is 11.0 Å². The highest BCUT2D eigenvalue weighted by Gasteiger charge is 2.50. The maximum atomic E-state index is 14.5. The van der Waals surface area contributed by atoms with Gasteiger partial charge in [-0.05, 0) is 143 Å². The summed E-state index contributed by atoms with van der Waals surface area (Å²) in [5.41, 5.74) is 3.35. The van der Waals surface area contributed by atoms with Crippen molar-refractivity contribution in [3.8, 4) is 23.1 Å². The third kappa shape index (κ3) is 10.3. The van der Waals surface area contributed by atoms with Crippen molar-refractivity contribution in [1.29, 1.82) is 0 Å². The van der Waals surface area contributed by atoms with Crippen molar-refractivity contribution in [1.82, 2.24) is 19.6 Å². The Kier molecular flexibility index (Phi) is 13.8. The maximum absolute atomic E-state index is 14.5. The Bertz CT molecular complexity index is 3000. The molecule has 17 nitrogen and oxygen atoms in total. The molecule has 4 N–H and O–H groups in total. The molecule has 394 valence electrons. The fraction of sp³-hybridized carbons (Fsp3) is 0.536. The number of nitrogens with one attached hydrogen (secondary N) is 3. The standard InChI is InChI=1S/C56H69N7O10S/c1-35(2)42-9-4-5-10-43(42)46-11-6-22-62(46)40-30-56(31-40)19-23-61(24-20-56)39-12-13-44(48(27-39)73-50-26-38-16-21-57-52(38)59-54(50)72-33-36-8-7-25-70-32-36)53(64)60-74(68,69)41-28-47(63(66)67)51-49(29-41)71-34-45(58-51)37-14-17-55(3,65)18-15-37/h4-5,9-10,12-13,16,21,26-29,35-37,40,45-46,58,65H,6-8,11,14-15,17-20,22-25,30-34H2,1-3H3,(H,57,59)(H,60,64)/t36-,37-,45+,46-,55-/m0/s1. The highest BCUT2D eigenvalue weighted by atomic mass is 32.2. The first-order chi connectivity index (χ1) is 35.6. The average Bonchev–Trinajstić information content (AvgIpc) is 4.07. The highest BCUT2D eigenvalue weighted by molar-refractivity contribution is 7.90. The van der Waals surface area contributed by atoms with Crippen molar-refractivity contribution in [2.45, 2.75) is 132 Å². The first-order valence-electron chi connectivity index (χ1n) is 26.7. The molecule has 74 heavy (non-hydrogen) atoms. The molecule has 2 saturated carbocycles. The van der Waals surface area contributed by atoms with E-state index in [2.05, 4.69) is 62.9 Å². The average molecular weight is 1030 g/mol. The number of piperidine rings is 1. The number of rotatable bonds is 14. The monoisotopic (exact) mass is 1030 g/mol. The van der Waals surface area contributed by atoms with Gasteiger partial charge in [0.15, 0.2) is 17.2 Å². The van der Waals surface area contributed by atoms with Crippen LogP contribution in [-0.4, -0.2) is 103 Å². The molecule has 5 fully saturated rings. The lowest BCUT2D eigenvalue weighted by molar-refractivity contribution is -0.384. The van der Waals surface area contributed by atoms with Crippen LogP contribution in [-0.2, 0) is 14.8 Å². The van der Waals surface area contributed by atoms with Crippen LogP contribution in [0, 0.1) is 27.4 Å². The van der Waals surface area contributed by atoms with E-state index < -0.39 is 37.0 Å². The first kappa shape index (κ1) is 50.2. The minimum atomic E-state index is -4.72. The van der Waals surface area contributed by atoms with Gasteiger partial charge in [0.2, 0.25) is 0 Å². The Hall–Kier alpha value is -5.95. The van der Waals surface area contributed by atoms with Gasteiger partial charge in [-0.15, -0.1) is 0 Å². The number of anilines is 2. The van der Waals surface area contributed by atoms with Gasteiger partial charge in [0, 0.05) is 73.2 Å². The van der Waals surface area contributed by atoms with Crippen molar-refractivity contribution in [3.05, 3.63) is 99.7 Å². The quantitative estimate of drug-likeness (QED) is 0.0603. The second-order valence-electron chi connectivity index (χ2n) is 22.5. The zero-order chi connectivity index (χ0) is 51.4. The number of carbonyl (C=O) groups is 1. The maximum Gasteiger partial charge on any atom is 0.297 e. The van der Waals surface area contributed by atoms with Gasteiger partial charge in [0.05, 0.1) is 40.2 Å². The van der Waals surface area contributed by atoms with Gasteiger partial charge < -0.3 is 39.3 Å². The van der Waals surface area contributed by atoms with Crippen LogP contribution in [0.2, 0.25) is 0 Å². The topological polar surface area (TPSA) is 211 Å². The molecule has 2 aromatic heterocycles. The molecule has 5 aromatic rings.